The van der Waals surface area contributed by atoms with Gasteiger partial charge in [-0.2, -0.15) is 0 Å². The topological polar surface area (TPSA) is 75.6 Å². The number of carbonyl (C=O) groups excluding carboxylic acids is 1. The van der Waals surface area contributed by atoms with E-state index in [-0.39, 0.29) is 6.42 Å². The lowest BCUT2D eigenvalue weighted by molar-refractivity contribution is -0.137. The molecule has 1 amide bonds. The van der Waals surface area contributed by atoms with Crippen molar-refractivity contribution in [3.8, 4) is 0 Å². The maximum Gasteiger partial charge on any atom is 0.412 e. The van der Waals surface area contributed by atoms with E-state index in [9.17, 15) is 9.59 Å². The van der Waals surface area contributed by atoms with Crippen molar-refractivity contribution in [2.45, 2.75) is 52.1 Å². The molecule has 5 nitrogen and oxygen atoms in total. The molecule has 0 spiro atoms. The summed E-state index contributed by atoms with van der Waals surface area (Å²) in [6.45, 7) is 5.44. The fraction of sp³-hybridized carbons (Fsp3) is 0.500. The molecular weight excluding hydrogens is 270 g/mol. The summed E-state index contributed by atoms with van der Waals surface area (Å²) in [6.07, 6.45) is 2.08. The lowest BCUT2D eigenvalue weighted by Crippen LogP contribution is -2.27. The molecule has 0 bridgehead atoms. The number of carboxylic acids is 1. The molecule has 0 unspecified atom stereocenters. The lowest BCUT2D eigenvalue weighted by atomic mass is 10.1. The van der Waals surface area contributed by atoms with Crippen LogP contribution in [0.25, 0.3) is 0 Å². The molecule has 0 saturated heterocycles. The Bertz CT molecular complexity index is 474. The van der Waals surface area contributed by atoms with Crippen molar-refractivity contribution in [2.75, 3.05) is 5.32 Å². The number of unbranched alkanes of at least 4 members (excludes halogenated alkanes) is 1. The van der Waals surface area contributed by atoms with Gasteiger partial charge >= 0.3 is 12.1 Å². The summed E-state index contributed by atoms with van der Waals surface area (Å²) in [5.74, 6) is -0.757. The number of nitrogens with one attached hydrogen (secondary N) is 1. The number of aliphatic carboxylic acids is 1. The first-order chi connectivity index (χ1) is 9.76. The number of rotatable bonds is 6. The largest absolute Gasteiger partial charge is 0.481 e. The molecular formula is C16H23NO4. The van der Waals surface area contributed by atoms with Crippen molar-refractivity contribution in [1.82, 2.24) is 0 Å². The maximum atomic E-state index is 11.6. The lowest BCUT2D eigenvalue weighted by Gasteiger charge is -2.19. The van der Waals surface area contributed by atoms with E-state index in [2.05, 4.69) is 5.32 Å². The second-order valence-electron chi connectivity index (χ2n) is 5.92. The first kappa shape index (κ1) is 17.0. The third-order valence-electron chi connectivity index (χ3n) is 2.71. The van der Waals surface area contributed by atoms with E-state index in [1.165, 1.54) is 0 Å². The number of anilines is 1. The number of hydrogen-bond acceptors (Lipinski definition) is 3. The Morgan fingerprint density at radius 2 is 1.76 bits per heavy atom. The third-order valence-corrected chi connectivity index (χ3v) is 2.71. The summed E-state index contributed by atoms with van der Waals surface area (Å²) in [7, 11) is 0. The standard InChI is InChI=1S/C16H23NO4/c1-16(2,3)21-15(20)17-13-10-8-12(9-11-13)6-4-5-7-14(18)19/h8-11H,4-7H2,1-3H3,(H,17,20)(H,18,19). The highest BCUT2D eigenvalue weighted by Gasteiger charge is 2.15. The second-order valence-corrected chi connectivity index (χ2v) is 5.92. The number of carbonyl (C=O) groups is 2. The molecule has 0 aliphatic rings. The van der Waals surface area contributed by atoms with Gasteiger partial charge in [0, 0.05) is 12.1 Å². The molecule has 0 heterocycles. The number of aryl methyl sites for hydroxylation is 1. The van der Waals surface area contributed by atoms with Crippen LogP contribution in [0, 0.1) is 0 Å². The van der Waals surface area contributed by atoms with Crippen LogP contribution in [0.1, 0.15) is 45.6 Å². The third kappa shape index (κ3) is 7.97. The summed E-state index contributed by atoms with van der Waals surface area (Å²) in [4.78, 5) is 22.0. The van der Waals surface area contributed by atoms with Gasteiger partial charge in [-0.05, 0) is 57.7 Å². The van der Waals surface area contributed by atoms with Crippen molar-refractivity contribution in [3.63, 3.8) is 0 Å². The Kier molecular flexibility index (Phi) is 6.21. The summed E-state index contributed by atoms with van der Waals surface area (Å²) in [5.41, 5.74) is 1.28. The zero-order chi connectivity index (χ0) is 15.9. The highest BCUT2D eigenvalue weighted by atomic mass is 16.6. The molecule has 1 aromatic carbocycles. The Balaban J connectivity index is 2.40. The monoisotopic (exact) mass is 293 g/mol. The average molecular weight is 293 g/mol. The molecule has 0 fully saturated rings. The molecule has 0 saturated carbocycles. The van der Waals surface area contributed by atoms with Crippen LogP contribution in [0.4, 0.5) is 10.5 Å². The normalized spacial score (nSPS) is 11.0. The minimum absolute atomic E-state index is 0.207. The molecule has 116 valence electrons. The van der Waals surface area contributed by atoms with E-state index in [1.807, 2.05) is 45.0 Å². The van der Waals surface area contributed by atoms with Crippen LogP contribution in [0.3, 0.4) is 0 Å². The summed E-state index contributed by atoms with van der Waals surface area (Å²) in [6, 6.07) is 7.48. The van der Waals surface area contributed by atoms with Crippen LogP contribution in [0.5, 0.6) is 0 Å². The molecule has 0 aliphatic heterocycles. The Hall–Kier alpha value is -2.04. The van der Waals surface area contributed by atoms with E-state index in [0.717, 1.165) is 18.4 Å². The van der Waals surface area contributed by atoms with E-state index >= 15 is 0 Å². The highest BCUT2D eigenvalue weighted by molar-refractivity contribution is 5.84. The van der Waals surface area contributed by atoms with Gasteiger partial charge in [0.2, 0.25) is 0 Å². The van der Waals surface area contributed by atoms with Crippen molar-refractivity contribution < 1.29 is 19.4 Å². The second kappa shape index (κ2) is 7.67. The van der Waals surface area contributed by atoms with Gasteiger partial charge in [-0.25, -0.2) is 4.79 Å². The zero-order valence-electron chi connectivity index (χ0n) is 12.8. The van der Waals surface area contributed by atoms with Gasteiger partial charge in [0.15, 0.2) is 0 Å². The summed E-state index contributed by atoms with van der Waals surface area (Å²) < 4.78 is 5.17. The first-order valence-corrected chi connectivity index (χ1v) is 7.07. The smallest absolute Gasteiger partial charge is 0.412 e. The average Bonchev–Trinajstić information content (AvgIpc) is 2.34. The number of carboxylic acid groups (broad SMARTS) is 1. The molecule has 21 heavy (non-hydrogen) atoms. The molecule has 0 aliphatic carbocycles. The van der Waals surface area contributed by atoms with Crippen molar-refractivity contribution in [1.29, 1.82) is 0 Å². The minimum Gasteiger partial charge on any atom is -0.481 e. The van der Waals surface area contributed by atoms with Gasteiger partial charge in [0.25, 0.3) is 0 Å². The van der Waals surface area contributed by atoms with Gasteiger partial charge in [-0.3, -0.25) is 10.1 Å². The first-order valence-electron chi connectivity index (χ1n) is 7.07. The summed E-state index contributed by atoms with van der Waals surface area (Å²) >= 11 is 0. The predicted molar refractivity (Wildman–Crippen MR) is 81.5 cm³/mol. The molecule has 0 atom stereocenters. The number of benzene rings is 1. The SMILES string of the molecule is CC(C)(C)OC(=O)Nc1ccc(CCCCC(=O)O)cc1. The van der Waals surface area contributed by atoms with Gasteiger partial charge in [-0.1, -0.05) is 12.1 Å². The maximum absolute atomic E-state index is 11.6. The van der Waals surface area contributed by atoms with Crippen molar-refractivity contribution in [3.05, 3.63) is 29.8 Å². The number of ether oxygens (including phenoxy) is 1. The van der Waals surface area contributed by atoms with Crippen molar-refractivity contribution >= 4 is 17.7 Å². The van der Waals surface area contributed by atoms with Gasteiger partial charge in [-0.15, -0.1) is 0 Å². The van der Waals surface area contributed by atoms with Crippen LogP contribution in [0.2, 0.25) is 0 Å². The van der Waals surface area contributed by atoms with Crippen LogP contribution in [-0.4, -0.2) is 22.8 Å². The van der Waals surface area contributed by atoms with Crippen LogP contribution in [-0.2, 0) is 16.0 Å². The zero-order valence-corrected chi connectivity index (χ0v) is 12.8. The molecule has 5 heteroatoms. The molecule has 0 aromatic heterocycles. The van der Waals surface area contributed by atoms with Gasteiger partial charge < -0.3 is 9.84 Å². The quantitative estimate of drug-likeness (QED) is 0.781. The minimum atomic E-state index is -0.757. The fourth-order valence-corrected chi connectivity index (χ4v) is 1.78. The van der Waals surface area contributed by atoms with E-state index in [4.69, 9.17) is 9.84 Å². The van der Waals surface area contributed by atoms with Crippen LogP contribution >= 0.6 is 0 Å². The van der Waals surface area contributed by atoms with Crippen molar-refractivity contribution in [2.24, 2.45) is 0 Å². The number of hydrogen-bond donors (Lipinski definition) is 2. The number of amides is 1. The van der Waals surface area contributed by atoms with E-state index in [1.54, 1.807) is 0 Å². The van der Waals surface area contributed by atoms with Gasteiger partial charge in [0.05, 0.1) is 0 Å². The Labute approximate surface area is 125 Å². The van der Waals surface area contributed by atoms with E-state index < -0.39 is 17.7 Å². The Morgan fingerprint density at radius 3 is 2.29 bits per heavy atom. The van der Waals surface area contributed by atoms with E-state index in [0.29, 0.717) is 12.1 Å². The van der Waals surface area contributed by atoms with Crippen LogP contribution in [0.15, 0.2) is 24.3 Å². The molecule has 2 N–H and O–H groups in total. The Morgan fingerprint density at radius 1 is 1.14 bits per heavy atom. The molecule has 1 aromatic rings. The highest BCUT2D eigenvalue weighted by Crippen LogP contribution is 2.14. The molecule has 1 rings (SSSR count). The van der Waals surface area contributed by atoms with Gasteiger partial charge in [0.1, 0.15) is 5.60 Å². The molecule has 0 radical (unpaired) electrons. The predicted octanol–water partition coefficient (Wildman–Crippen LogP) is 3.83. The fourth-order valence-electron chi connectivity index (χ4n) is 1.78. The van der Waals surface area contributed by atoms with Crippen LogP contribution < -0.4 is 5.32 Å². The summed E-state index contributed by atoms with van der Waals surface area (Å²) in [5, 5.41) is 11.2.